The van der Waals surface area contributed by atoms with Crippen molar-refractivity contribution in [1.29, 1.82) is 0 Å². The molecule has 0 radical (unpaired) electrons. The number of methoxy groups -OCH3 is 1. The zero-order valence-electron chi connectivity index (χ0n) is 15.6. The molecule has 0 amide bonds. The maximum atomic E-state index is 6.37. The molecule has 0 aliphatic heterocycles. The van der Waals surface area contributed by atoms with Gasteiger partial charge in [0.2, 0.25) is 0 Å². The lowest BCUT2D eigenvalue weighted by Crippen LogP contribution is -2.05. The van der Waals surface area contributed by atoms with Gasteiger partial charge in [-0.1, -0.05) is 40.7 Å². The van der Waals surface area contributed by atoms with Gasteiger partial charge >= 0.3 is 0 Å². The van der Waals surface area contributed by atoms with Crippen LogP contribution >= 0.6 is 23.4 Å². The van der Waals surface area contributed by atoms with Crippen molar-refractivity contribution in [3.8, 4) is 23.0 Å². The minimum absolute atomic E-state index is 0.351. The molecule has 1 aromatic carbocycles. The van der Waals surface area contributed by atoms with Crippen LogP contribution in [0.15, 0.2) is 56.8 Å². The summed E-state index contributed by atoms with van der Waals surface area (Å²) in [5.74, 6) is 2.64. The molecule has 0 unspecified atom stereocenters. The Morgan fingerprint density at radius 2 is 2.07 bits per heavy atom. The van der Waals surface area contributed by atoms with Gasteiger partial charge in [0.05, 0.1) is 17.0 Å². The fourth-order valence-corrected chi connectivity index (χ4v) is 3.78. The van der Waals surface area contributed by atoms with Gasteiger partial charge in [-0.05, 0) is 30.7 Å². The Kier molecular flexibility index (Phi) is 6.28. The predicted molar refractivity (Wildman–Crippen MR) is 109 cm³/mol. The second-order valence-electron chi connectivity index (χ2n) is 6.07. The number of halogens is 1. The van der Waals surface area contributed by atoms with Crippen molar-refractivity contribution in [2.24, 2.45) is 0 Å². The number of hydrogen-bond acceptors (Lipinski definition) is 8. The molecule has 0 aliphatic rings. The lowest BCUT2D eigenvalue weighted by atomic mass is 10.2. The van der Waals surface area contributed by atoms with Crippen LogP contribution in [0.4, 0.5) is 0 Å². The smallest absolute Gasteiger partial charge is 0.293 e. The van der Waals surface area contributed by atoms with E-state index in [0.717, 1.165) is 23.0 Å². The van der Waals surface area contributed by atoms with Crippen molar-refractivity contribution < 1.29 is 13.7 Å². The topological polar surface area (TPSA) is 92.0 Å². The van der Waals surface area contributed by atoms with Gasteiger partial charge in [0.25, 0.3) is 5.89 Å². The van der Waals surface area contributed by atoms with Crippen LogP contribution in [0.25, 0.3) is 23.0 Å². The maximum Gasteiger partial charge on any atom is 0.293 e. The molecule has 0 N–H and O–H groups in total. The summed E-state index contributed by atoms with van der Waals surface area (Å²) in [6.07, 6.45) is 2.39. The molecule has 10 heteroatoms. The average Bonchev–Trinajstić information content (AvgIpc) is 3.48. The fourth-order valence-electron chi connectivity index (χ4n) is 2.75. The molecule has 0 saturated carbocycles. The molecule has 29 heavy (non-hydrogen) atoms. The van der Waals surface area contributed by atoms with Gasteiger partial charge in [0, 0.05) is 25.8 Å². The molecule has 4 aromatic rings. The highest BCUT2D eigenvalue weighted by Crippen LogP contribution is 2.30. The predicted octanol–water partition coefficient (Wildman–Crippen LogP) is 4.57. The van der Waals surface area contributed by atoms with Gasteiger partial charge in [-0.2, -0.15) is 4.98 Å². The van der Waals surface area contributed by atoms with Crippen LogP contribution in [0.2, 0.25) is 5.02 Å². The summed E-state index contributed by atoms with van der Waals surface area (Å²) in [6, 6.07) is 11.1. The highest BCUT2D eigenvalue weighted by Gasteiger charge is 2.18. The van der Waals surface area contributed by atoms with E-state index in [9.17, 15) is 0 Å². The number of rotatable bonds is 9. The van der Waals surface area contributed by atoms with E-state index in [1.807, 2.05) is 28.8 Å². The van der Waals surface area contributed by atoms with Gasteiger partial charge in [0.15, 0.2) is 22.6 Å². The Balaban J connectivity index is 1.54. The zero-order valence-corrected chi connectivity index (χ0v) is 17.2. The highest BCUT2D eigenvalue weighted by atomic mass is 35.5. The van der Waals surface area contributed by atoms with E-state index in [1.165, 1.54) is 11.8 Å². The standard InChI is InChI=1S/C19H18ClN5O3S/c1-26-10-5-9-25-17(13-6-2-3-7-14(13)20)22-23-19(25)29-12-16-21-18(28-24-16)15-8-4-11-27-15/h2-4,6-8,11H,5,9-10,12H2,1H3. The van der Waals surface area contributed by atoms with Crippen molar-refractivity contribution in [2.45, 2.75) is 23.9 Å². The Bertz CT molecular complexity index is 1060. The molecule has 0 bridgehead atoms. The first kappa shape index (κ1) is 19.7. The van der Waals surface area contributed by atoms with Crippen LogP contribution in [0.5, 0.6) is 0 Å². The number of furan rings is 1. The van der Waals surface area contributed by atoms with Gasteiger partial charge in [0.1, 0.15) is 0 Å². The molecule has 0 saturated heterocycles. The third-order valence-corrected chi connectivity index (χ3v) is 5.38. The zero-order chi connectivity index (χ0) is 20.1. The number of thioether (sulfide) groups is 1. The van der Waals surface area contributed by atoms with Crippen molar-refractivity contribution in [3.05, 3.63) is 53.5 Å². The van der Waals surface area contributed by atoms with Gasteiger partial charge in [-0.3, -0.25) is 0 Å². The van der Waals surface area contributed by atoms with E-state index in [1.54, 1.807) is 25.5 Å². The van der Waals surface area contributed by atoms with Crippen LogP contribution in [-0.4, -0.2) is 38.6 Å². The monoisotopic (exact) mass is 431 g/mol. The molecule has 0 spiro atoms. The van der Waals surface area contributed by atoms with E-state index in [-0.39, 0.29) is 0 Å². The third kappa shape index (κ3) is 4.52. The molecule has 3 aromatic heterocycles. The number of benzene rings is 1. The summed E-state index contributed by atoms with van der Waals surface area (Å²) in [6.45, 7) is 1.34. The molecule has 8 nitrogen and oxygen atoms in total. The van der Waals surface area contributed by atoms with Crippen molar-refractivity contribution in [2.75, 3.05) is 13.7 Å². The molecule has 150 valence electrons. The number of nitrogens with zero attached hydrogens (tertiary/aromatic N) is 5. The van der Waals surface area contributed by atoms with Crippen molar-refractivity contribution >= 4 is 23.4 Å². The summed E-state index contributed by atoms with van der Waals surface area (Å²) < 4.78 is 17.8. The highest BCUT2D eigenvalue weighted by molar-refractivity contribution is 7.98. The number of ether oxygens (including phenoxy) is 1. The van der Waals surface area contributed by atoms with Crippen LogP contribution in [0.3, 0.4) is 0 Å². The SMILES string of the molecule is COCCCn1c(SCc2noc(-c3ccco3)n2)nnc1-c1ccccc1Cl. The van der Waals surface area contributed by atoms with Crippen LogP contribution in [0.1, 0.15) is 12.2 Å². The lowest BCUT2D eigenvalue weighted by Gasteiger charge is -2.10. The van der Waals surface area contributed by atoms with Crippen molar-refractivity contribution in [3.63, 3.8) is 0 Å². The van der Waals surface area contributed by atoms with Crippen LogP contribution < -0.4 is 0 Å². The fraction of sp³-hybridized carbons (Fsp3) is 0.263. The third-order valence-electron chi connectivity index (χ3n) is 4.09. The maximum absolute atomic E-state index is 6.37. The summed E-state index contributed by atoms with van der Waals surface area (Å²) in [7, 11) is 1.68. The quantitative estimate of drug-likeness (QED) is 0.281. The van der Waals surface area contributed by atoms with Crippen LogP contribution in [0, 0.1) is 0 Å². The molecule has 3 heterocycles. The Morgan fingerprint density at radius 3 is 2.86 bits per heavy atom. The lowest BCUT2D eigenvalue weighted by molar-refractivity contribution is 0.189. The van der Waals surface area contributed by atoms with E-state index >= 15 is 0 Å². The summed E-state index contributed by atoms with van der Waals surface area (Å²) in [4.78, 5) is 4.36. The normalized spacial score (nSPS) is 11.2. The minimum atomic E-state index is 0.351. The first-order valence-corrected chi connectivity index (χ1v) is 10.3. The number of aromatic nitrogens is 5. The van der Waals surface area contributed by atoms with E-state index in [0.29, 0.717) is 41.4 Å². The Labute approximate surface area is 176 Å². The van der Waals surface area contributed by atoms with E-state index in [4.69, 9.17) is 25.3 Å². The summed E-state index contributed by atoms with van der Waals surface area (Å²) in [5, 5.41) is 14.1. The van der Waals surface area contributed by atoms with E-state index < -0.39 is 0 Å². The Morgan fingerprint density at radius 1 is 1.17 bits per heavy atom. The molecular formula is C19H18ClN5O3S. The second-order valence-corrected chi connectivity index (χ2v) is 7.42. The van der Waals surface area contributed by atoms with Gasteiger partial charge in [-0.15, -0.1) is 10.2 Å². The second kappa shape index (κ2) is 9.25. The Hall–Kier alpha value is -2.62. The molecule has 0 aliphatic carbocycles. The van der Waals surface area contributed by atoms with Gasteiger partial charge in [-0.25, -0.2) is 0 Å². The average molecular weight is 432 g/mol. The van der Waals surface area contributed by atoms with E-state index in [2.05, 4.69) is 20.3 Å². The number of hydrogen-bond donors (Lipinski definition) is 0. The first-order chi connectivity index (χ1) is 14.3. The summed E-state index contributed by atoms with van der Waals surface area (Å²) >= 11 is 7.85. The summed E-state index contributed by atoms with van der Waals surface area (Å²) in [5.41, 5.74) is 0.839. The molecule has 0 fully saturated rings. The molecule has 0 atom stereocenters. The van der Waals surface area contributed by atoms with Crippen molar-refractivity contribution in [1.82, 2.24) is 24.9 Å². The first-order valence-electron chi connectivity index (χ1n) is 8.92. The molecule has 4 rings (SSSR count). The minimum Gasteiger partial charge on any atom is -0.459 e. The largest absolute Gasteiger partial charge is 0.459 e. The van der Waals surface area contributed by atoms with Crippen LogP contribution in [-0.2, 0) is 17.0 Å². The van der Waals surface area contributed by atoms with Gasteiger partial charge < -0.3 is 18.2 Å². The molecular weight excluding hydrogens is 414 g/mol.